The zero-order chi connectivity index (χ0) is 30.1. The molecule has 0 saturated carbocycles. The Hall–Kier alpha value is -4.21. The third-order valence-corrected chi connectivity index (χ3v) is 8.06. The van der Waals surface area contributed by atoms with E-state index in [0.717, 1.165) is 48.5 Å². The van der Waals surface area contributed by atoms with Crippen molar-refractivity contribution in [1.82, 2.24) is 4.90 Å². The number of benzene rings is 4. The number of likely N-dealkylation sites (tertiary alicyclic amines) is 1. The number of hydrogen-bond donors (Lipinski definition) is 3. The normalized spacial score (nSPS) is 20.5. The van der Waals surface area contributed by atoms with Crippen molar-refractivity contribution in [2.75, 3.05) is 30.3 Å². The van der Waals surface area contributed by atoms with Crippen LogP contribution in [0.2, 0.25) is 0 Å². The monoisotopic (exact) mass is 593 g/mol. The van der Waals surface area contributed by atoms with Crippen LogP contribution in [0.4, 0.5) is 16.2 Å². The Kier molecular flexibility index (Phi) is 9.84. The molecule has 0 unspecified atom stereocenters. The highest BCUT2D eigenvalue weighted by Gasteiger charge is 2.33. The number of piperidine rings is 1. The van der Waals surface area contributed by atoms with E-state index in [1.807, 2.05) is 91.0 Å². The van der Waals surface area contributed by atoms with E-state index in [-0.39, 0.29) is 24.8 Å². The largest absolute Gasteiger partial charge is 0.457 e. The predicted octanol–water partition coefficient (Wildman–Crippen LogP) is 7.65. The number of nitrogens with one attached hydrogen (secondary N) is 2. The molecule has 4 aromatic rings. The first kappa shape index (κ1) is 29.8. The van der Waals surface area contributed by atoms with Gasteiger partial charge in [-0.05, 0) is 85.6 Å². The summed E-state index contributed by atoms with van der Waals surface area (Å²) < 4.78 is 18.8. The fraction of sp³-hybridized carbons (Fsp3) is 0.306. The zero-order valence-corrected chi connectivity index (χ0v) is 24.7. The van der Waals surface area contributed by atoms with Crippen molar-refractivity contribution in [3.8, 4) is 11.5 Å². The van der Waals surface area contributed by atoms with Crippen LogP contribution in [0.3, 0.4) is 0 Å². The molecule has 2 saturated heterocycles. The number of aliphatic hydroxyl groups excluding tert-OH is 1. The minimum Gasteiger partial charge on any atom is -0.457 e. The maximum Gasteiger partial charge on any atom is 0.323 e. The molecule has 2 fully saturated rings. The van der Waals surface area contributed by atoms with Crippen molar-refractivity contribution in [2.24, 2.45) is 0 Å². The molecule has 0 radical (unpaired) electrons. The summed E-state index contributed by atoms with van der Waals surface area (Å²) in [6, 6.07) is 32.0. The molecular formula is C36H39N3O5. The molecule has 8 nitrogen and oxygen atoms in total. The van der Waals surface area contributed by atoms with Crippen LogP contribution in [-0.2, 0) is 16.1 Å². The van der Waals surface area contributed by atoms with Crippen LogP contribution in [0.15, 0.2) is 103 Å². The Labute approximate surface area is 258 Å². The zero-order valence-electron chi connectivity index (χ0n) is 24.7. The maximum atomic E-state index is 12.7. The van der Waals surface area contributed by atoms with Crippen molar-refractivity contribution in [3.05, 3.63) is 120 Å². The first-order chi connectivity index (χ1) is 21.6. The summed E-state index contributed by atoms with van der Waals surface area (Å²) in [5.74, 6) is 1.44. The van der Waals surface area contributed by atoms with Crippen molar-refractivity contribution in [1.29, 1.82) is 0 Å². The summed E-state index contributed by atoms with van der Waals surface area (Å²) in [5, 5.41) is 15.2. The van der Waals surface area contributed by atoms with E-state index in [9.17, 15) is 9.90 Å². The van der Waals surface area contributed by atoms with E-state index >= 15 is 0 Å². The summed E-state index contributed by atoms with van der Waals surface area (Å²) in [5.41, 5.74) is 4.16. The van der Waals surface area contributed by atoms with E-state index in [1.165, 1.54) is 19.3 Å². The van der Waals surface area contributed by atoms with Crippen LogP contribution in [0.1, 0.15) is 54.8 Å². The fourth-order valence-corrected chi connectivity index (χ4v) is 5.71. The fourth-order valence-electron chi connectivity index (χ4n) is 5.71. The van der Waals surface area contributed by atoms with E-state index < -0.39 is 6.29 Å². The van der Waals surface area contributed by atoms with Gasteiger partial charge in [0.15, 0.2) is 6.29 Å². The van der Waals surface area contributed by atoms with E-state index in [4.69, 9.17) is 14.2 Å². The van der Waals surface area contributed by atoms with Gasteiger partial charge in [0.05, 0.1) is 18.8 Å². The highest BCUT2D eigenvalue weighted by molar-refractivity contribution is 5.99. The van der Waals surface area contributed by atoms with Gasteiger partial charge in [-0.2, -0.15) is 0 Å². The lowest BCUT2D eigenvalue weighted by Crippen LogP contribution is -2.41. The van der Waals surface area contributed by atoms with Gasteiger partial charge in [0.25, 0.3) is 0 Å². The Bertz CT molecular complexity index is 1470. The average molecular weight is 594 g/mol. The van der Waals surface area contributed by atoms with E-state index in [0.29, 0.717) is 17.1 Å². The van der Waals surface area contributed by atoms with Crippen molar-refractivity contribution < 1.29 is 24.1 Å². The molecule has 2 aliphatic rings. The van der Waals surface area contributed by atoms with Crippen LogP contribution >= 0.6 is 0 Å². The van der Waals surface area contributed by atoms with Gasteiger partial charge in [-0.3, -0.25) is 0 Å². The van der Waals surface area contributed by atoms with Crippen LogP contribution in [0, 0.1) is 0 Å². The highest BCUT2D eigenvalue weighted by atomic mass is 16.7. The molecule has 0 aliphatic carbocycles. The second kappa shape index (κ2) is 14.5. The quantitative estimate of drug-likeness (QED) is 0.185. The summed E-state index contributed by atoms with van der Waals surface area (Å²) in [4.78, 5) is 15.2. The van der Waals surface area contributed by atoms with Gasteiger partial charge in [0.2, 0.25) is 0 Å². The smallest absolute Gasteiger partial charge is 0.323 e. The molecular weight excluding hydrogens is 554 g/mol. The maximum absolute atomic E-state index is 12.7. The van der Waals surface area contributed by atoms with Gasteiger partial charge in [-0.1, -0.05) is 61.0 Å². The lowest BCUT2D eigenvalue weighted by atomic mass is 9.99. The first-order valence-corrected chi connectivity index (χ1v) is 15.4. The number of hydrogen-bond acceptors (Lipinski definition) is 6. The van der Waals surface area contributed by atoms with Gasteiger partial charge in [-0.15, -0.1) is 0 Å². The van der Waals surface area contributed by atoms with Crippen LogP contribution < -0.4 is 15.4 Å². The SMILES string of the molecule is O=C(Nc1ccc(Oc2ccccc2)cc1)Nc1ccc([C@H]2O[C@@H](CN3CCCCC3)C[C@@H](c3ccc(CO)cc3)O2)cc1. The molecule has 44 heavy (non-hydrogen) atoms. The summed E-state index contributed by atoms with van der Waals surface area (Å²) in [6.07, 6.45) is 3.91. The summed E-state index contributed by atoms with van der Waals surface area (Å²) in [6.45, 7) is 3.11. The van der Waals surface area contributed by atoms with Crippen molar-refractivity contribution in [3.63, 3.8) is 0 Å². The minimum absolute atomic E-state index is 0.0174. The number of anilines is 2. The van der Waals surface area contributed by atoms with Gasteiger partial charge in [0, 0.05) is 29.9 Å². The average Bonchev–Trinajstić information content (AvgIpc) is 3.07. The Balaban J connectivity index is 1.07. The molecule has 4 aromatic carbocycles. The number of aliphatic hydroxyl groups is 1. The predicted molar refractivity (Wildman–Crippen MR) is 171 cm³/mol. The molecule has 6 rings (SSSR count). The molecule has 3 N–H and O–H groups in total. The second-order valence-corrected chi connectivity index (χ2v) is 11.4. The highest BCUT2D eigenvalue weighted by Crippen LogP contribution is 2.38. The molecule has 228 valence electrons. The first-order valence-electron chi connectivity index (χ1n) is 15.4. The molecule has 0 spiro atoms. The number of urea groups is 1. The number of ether oxygens (including phenoxy) is 3. The molecule has 0 aromatic heterocycles. The van der Waals surface area contributed by atoms with E-state index in [1.54, 1.807) is 12.1 Å². The van der Waals surface area contributed by atoms with Crippen molar-refractivity contribution in [2.45, 2.75) is 50.8 Å². The summed E-state index contributed by atoms with van der Waals surface area (Å²) >= 11 is 0. The second-order valence-electron chi connectivity index (χ2n) is 11.4. The lowest BCUT2D eigenvalue weighted by molar-refractivity contribution is -0.253. The van der Waals surface area contributed by atoms with Gasteiger partial charge >= 0.3 is 6.03 Å². The molecule has 3 atom stereocenters. The van der Waals surface area contributed by atoms with Crippen LogP contribution in [0.5, 0.6) is 11.5 Å². The number of carbonyl (C=O) groups is 1. The molecule has 2 aliphatic heterocycles. The molecule has 2 heterocycles. The third kappa shape index (κ3) is 8.03. The third-order valence-electron chi connectivity index (χ3n) is 8.06. The summed E-state index contributed by atoms with van der Waals surface area (Å²) in [7, 11) is 0. The number of nitrogens with zero attached hydrogens (tertiary/aromatic N) is 1. The molecule has 8 heteroatoms. The van der Waals surface area contributed by atoms with E-state index in [2.05, 4.69) is 15.5 Å². The Morgan fingerprint density at radius 1 is 0.750 bits per heavy atom. The lowest BCUT2D eigenvalue weighted by Gasteiger charge is -2.39. The Morgan fingerprint density at radius 3 is 2.02 bits per heavy atom. The number of carbonyl (C=O) groups excluding carboxylic acids is 1. The number of rotatable bonds is 9. The van der Waals surface area contributed by atoms with Crippen LogP contribution in [-0.4, -0.2) is 41.8 Å². The molecule has 2 amide bonds. The standard InChI is InChI=1S/C36H39N3O5/c40-25-26-9-11-27(12-10-26)34-23-33(24-39-21-5-2-6-22-39)43-35(44-34)28-13-15-29(16-14-28)37-36(41)38-30-17-19-32(20-18-30)42-31-7-3-1-4-8-31/h1,3-4,7-20,33-35,40H,2,5-6,21-25H2,(H2,37,38,41)/t33-,34+,35+/m1/s1. The van der Waals surface area contributed by atoms with Crippen LogP contribution in [0.25, 0.3) is 0 Å². The van der Waals surface area contributed by atoms with Gasteiger partial charge in [-0.25, -0.2) is 4.79 Å². The number of para-hydroxylation sites is 1. The Morgan fingerprint density at radius 2 is 1.36 bits per heavy atom. The number of amides is 2. The topological polar surface area (TPSA) is 92.3 Å². The molecule has 0 bridgehead atoms. The van der Waals surface area contributed by atoms with Gasteiger partial charge in [0.1, 0.15) is 11.5 Å². The van der Waals surface area contributed by atoms with Crippen molar-refractivity contribution >= 4 is 17.4 Å². The van der Waals surface area contributed by atoms with Gasteiger partial charge < -0.3 is 34.9 Å². The minimum atomic E-state index is -0.527.